The van der Waals surface area contributed by atoms with Gasteiger partial charge in [0.15, 0.2) is 5.96 Å². The Bertz CT molecular complexity index is 339. The van der Waals surface area contributed by atoms with Crippen LogP contribution in [0.3, 0.4) is 0 Å². The Morgan fingerprint density at radius 2 is 1.55 bits per heavy atom. The average Bonchev–Trinajstić information content (AvgIpc) is 2.78. The van der Waals surface area contributed by atoms with E-state index in [2.05, 4.69) is 35.6 Å². The van der Waals surface area contributed by atoms with Crippen molar-refractivity contribution in [2.45, 2.75) is 45.6 Å². The average molecular weight is 310 g/mol. The van der Waals surface area contributed by atoms with Crippen molar-refractivity contribution in [3.05, 3.63) is 0 Å². The van der Waals surface area contributed by atoms with Gasteiger partial charge in [0.25, 0.3) is 0 Å². The SMILES string of the molecule is CC(C)C(CN=C(N)N1CCCCCC1)N1CCN(C)CC1. The van der Waals surface area contributed by atoms with Gasteiger partial charge in [0.05, 0.1) is 6.54 Å². The van der Waals surface area contributed by atoms with Crippen molar-refractivity contribution in [2.75, 3.05) is 52.9 Å². The monoisotopic (exact) mass is 309 g/mol. The zero-order valence-electron chi connectivity index (χ0n) is 14.8. The highest BCUT2D eigenvalue weighted by Crippen LogP contribution is 2.15. The van der Waals surface area contributed by atoms with Gasteiger partial charge in [-0.25, -0.2) is 0 Å². The Hall–Kier alpha value is -0.810. The smallest absolute Gasteiger partial charge is 0.191 e. The van der Waals surface area contributed by atoms with E-state index in [-0.39, 0.29) is 0 Å². The van der Waals surface area contributed by atoms with Crippen LogP contribution in [0.15, 0.2) is 4.99 Å². The second kappa shape index (κ2) is 8.73. The van der Waals surface area contributed by atoms with Crippen molar-refractivity contribution in [2.24, 2.45) is 16.6 Å². The number of likely N-dealkylation sites (tertiary alicyclic amines) is 1. The molecule has 5 nitrogen and oxygen atoms in total. The van der Waals surface area contributed by atoms with Gasteiger partial charge in [0, 0.05) is 45.3 Å². The number of guanidine groups is 1. The molecule has 0 amide bonds. The summed E-state index contributed by atoms with van der Waals surface area (Å²) in [7, 11) is 2.21. The first-order valence-electron chi connectivity index (χ1n) is 9.05. The molecule has 0 spiro atoms. The largest absolute Gasteiger partial charge is 0.370 e. The molecule has 2 rings (SSSR count). The van der Waals surface area contributed by atoms with E-state index in [1.807, 2.05) is 0 Å². The van der Waals surface area contributed by atoms with E-state index in [1.165, 1.54) is 25.7 Å². The van der Waals surface area contributed by atoms with Crippen LogP contribution in [0.25, 0.3) is 0 Å². The molecule has 5 heteroatoms. The summed E-state index contributed by atoms with van der Waals surface area (Å²) in [5.74, 6) is 1.38. The predicted molar refractivity (Wildman–Crippen MR) is 94.2 cm³/mol. The lowest BCUT2D eigenvalue weighted by Crippen LogP contribution is -2.52. The molecule has 0 aromatic heterocycles. The molecule has 1 unspecified atom stereocenters. The molecule has 0 saturated carbocycles. The molecule has 0 aromatic rings. The molecule has 22 heavy (non-hydrogen) atoms. The number of aliphatic imine (C=N–C) groups is 1. The summed E-state index contributed by atoms with van der Waals surface area (Å²) in [6.07, 6.45) is 5.17. The molecular formula is C17H35N5. The number of nitrogens with zero attached hydrogens (tertiary/aromatic N) is 4. The van der Waals surface area contributed by atoms with Gasteiger partial charge in [0.2, 0.25) is 0 Å². The zero-order chi connectivity index (χ0) is 15.9. The highest BCUT2D eigenvalue weighted by molar-refractivity contribution is 5.78. The number of hydrogen-bond donors (Lipinski definition) is 1. The van der Waals surface area contributed by atoms with Gasteiger partial charge >= 0.3 is 0 Å². The molecule has 128 valence electrons. The third kappa shape index (κ3) is 5.13. The Kier molecular flexibility index (Phi) is 6.96. The number of piperazine rings is 1. The van der Waals surface area contributed by atoms with E-state index < -0.39 is 0 Å². The fraction of sp³-hybridized carbons (Fsp3) is 0.941. The van der Waals surface area contributed by atoms with Crippen molar-refractivity contribution >= 4 is 5.96 Å². The van der Waals surface area contributed by atoms with Gasteiger partial charge in [-0.15, -0.1) is 0 Å². The van der Waals surface area contributed by atoms with Crippen LogP contribution in [0.5, 0.6) is 0 Å². The summed E-state index contributed by atoms with van der Waals surface area (Å²) in [6, 6.07) is 0.513. The van der Waals surface area contributed by atoms with Gasteiger partial charge in [0.1, 0.15) is 0 Å². The van der Waals surface area contributed by atoms with Gasteiger partial charge in [-0.1, -0.05) is 26.7 Å². The summed E-state index contributed by atoms with van der Waals surface area (Å²) >= 11 is 0. The molecule has 2 saturated heterocycles. The maximum absolute atomic E-state index is 6.27. The second-order valence-corrected chi connectivity index (χ2v) is 7.25. The minimum Gasteiger partial charge on any atom is -0.370 e. The summed E-state index contributed by atoms with van der Waals surface area (Å²) in [6.45, 7) is 12.2. The molecule has 0 bridgehead atoms. The highest BCUT2D eigenvalue weighted by Gasteiger charge is 2.25. The molecule has 1 atom stereocenters. The van der Waals surface area contributed by atoms with E-state index >= 15 is 0 Å². The van der Waals surface area contributed by atoms with Crippen LogP contribution < -0.4 is 5.73 Å². The number of likely N-dealkylation sites (N-methyl/N-ethyl adjacent to an activating group) is 1. The summed E-state index contributed by atoms with van der Waals surface area (Å²) in [5.41, 5.74) is 6.27. The van der Waals surface area contributed by atoms with Crippen LogP contribution in [0.2, 0.25) is 0 Å². The first kappa shape index (κ1) is 17.5. The molecular weight excluding hydrogens is 274 g/mol. The lowest BCUT2D eigenvalue weighted by Gasteiger charge is -2.39. The Labute approximate surface area is 136 Å². The molecule has 0 aliphatic carbocycles. The lowest BCUT2D eigenvalue weighted by atomic mass is 10.0. The number of nitrogens with two attached hydrogens (primary N) is 1. The number of hydrogen-bond acceptors (Lipinski definition) is 3. The quantitative estimate of drug-likeness (QED) is 0.631. The zero-order valence-corrected chi connectivity index (χ0v) is 14.8. The summed E-state index contributed by atoms with van der Waals surface area (Å²) in [5, 5.41) is 0. The van der Waals surface area contributed by atoms with Crippen molar-refractivity contribution < 1.29 is 0 Å². The third-order valence-electron chi connectivity index (χ3n) is 5.15. The molecule has 2 N–H and O–H groups in total. The molecule has 2 fully saturated rings. The van der Waals surface area contributed by atoms with Crippen molar-refractivity contribution in [3.8, 4) is 0 Å². The Morgan fingerprint density at radius 1 is 0.955 bits per heavy atom. The first-order valence-corrected chi connectivity index (χ1v) is 9.05. The van der Waals surface area contributed by atoms with Crippen LogP contribution in [0.1, 0.15) is 39.5 Å². The second-order valence-electron chi connectivity index (χ2n) is 7.25. The van der Waals surface area contributed by atoms with Crippen LogP contribution in [-0.2, 0) is 0 Å². The van der Waals surface area contributed by atoms with Gasteiger partial charge in [-0.3, -0.25) is 9.89 Å². The van der Waals surface area contributed by atoms with E-state index in [0.717, 1.165) is 51.8 Å². The molecule has 2 aliphatic heterocycles. The predicted octanol–water partition coefficient (Wildman–Crippen LogP) is 1.45. The number of rotatable bonds is 4. The summed E-state index contributed by atoms with van der Waals surface area (Å²) < 4.78 is 0. The minimum atomic E-state index is 0.513. The van der Waals surface area contributed by atoms with Crippen molar-refractivity contribution in [3.63, 3.8) is 0 Å². The Balaban J connectivity index is 1.90. The Morgan fingerprint density at radius 3 is 2.09 bits per heavy atom. The van der Waals surface area contributed by atoms with E-state index in [4.69, 9.17) is 10.7 Å². The van der Waals surface area contributed by atoms with Crippen LogP contribution >= 0.6 is 0 Å². The van der Waals surface area contributed by atoms with Crippen LogP contribution in [0, 0.1) is 5.92 Å². The maximum Gasteiger partial charge on any atom is 0.191 e. The summed E-state index contributed by atoms with van der Waals surface area (Å²) in [4.78, 5) is 12.1. The maximum atomic E-state index is 6.27. The molecule has 0 radical (unpaired) electrons. The van der Waals surface area contributed by atoms with E-state index in [9.17, 15) is 0 Å². The molecule has 0 aromatic carbocycles. The van der Waals surface area contributed by atoms with Crippen LogP contribution in [-0.4, -0.2) is 79.6 Å². The topological polar surface area (TPSA) is 48.1 Å². The van der Waals surface area contributed by atoms with Crippen molar-refractivity contribution in [1.29, 1.82) is 0 Å². The normalized spacial score (nSPS) is 24.5. The van der Waals surface area contributed by atoms with Gasteiger partial charge < -0.3 is 15.5 Å². The van der Waals surface area contributed by atoms with E-state index in [0.29, 0.717) is 12.0 Å². The van der Waals surface area contributed by atoms with E-state index in [1.54, 1.807) is 0 Å². The van der Waals surface area contributed by atoms with Crippen molar-refractivity contribution in [1.82, 2.24) is 14.7 Å². The van der Waals surface area contributed by atoms with Gasteiger partial charge in [-0.2, -0.15) is 0 Å². The molecule has 2 aliphatic rings. The standard InChI is InChI=1S/C17H35N5/c1-15(2)16(21-12-10-20(3)11-13-21)14-19-17(18)22-8-6-4-5-7-9-22/h15-16H,4-14H2,1-3H3,(H2,18,19). The fourth-order valence-corrected chi connectivity index (χ4v) is 3.49. The molecule has 2 heterocycles. The van der Waals surface area contributed by atoms with Crippen LogP contribution in [0.4, 0.5) is 0 Å². The fourth-order valence-electron chi connectivity index (χ4n) is 3.49. The third-order valence-corrected chi connectivity index (χ3v) is 5.15. The first-order chi connectivity index (χ1) is 10.6. The minimum absolute atomic E-state index is 0.513. The van der Waals surface area contributed by atoms with Gasteiger partial charge in [-0.05, 0) is 25.8 Å². The highest BCUT2D eigenvalue weighted by atomic mass is 15.3. The lowest BCUT2D eigenvalue weighted by molar-refractivity contribution is 0.0924.